The van der Waals surface area contributed by atoms with Crippen LogP contribution < -0.4 is 5.32 Å². The van der Waals surface area contributed by atoms with Gasteiger partial charge in [-0.15, -0.1) is 0 Å². The van der Waals surface area contributed by atoms with Crippen molar-refractivity contribution in [2.75, 3.05) is 32.1 Å². The summed E-state index contributed by atoms with van der Waals surface area (Å²) in [4.78, 5) is 24.5. The summed E-state index contributed by atoms with van der Waals surface area (Å²) in [7, 11) is 1.04. The maximum absolute atomic E-state index is 13.4. The normalized spacial score (nSPS) is 12.7. The molecule has 1 amide bonds. The van der Waals surface area contributed by atoms with E-state index in [9.17, 15) is 22.8 Å². The molecule has 0 aromatic heterocycles. The lowest BCUT2D eigenvalue weighted by Gasteiger charge is -2.30. The predicted molar refractivity (Wildman–Crippen MR) is 127 cm³/mol. The molecule has 10 heteroatoms. The zero-order valence-corrected chi connectivity index (χ0v) is 20.8. The van der Waals surface area contributed by atoms with Crippen molar-refractivity contribution in [3.8, 4) is 0 Å². The molecule has 0 radical (unpaired) electrons. The highest BCUT2D eigenvalue weighted by Crippen LogP contribution is 2.37. The number of anilines is 1. The Kier molecular flexibility index (Phi) is 9.25. The van der Waals surface area contributed by atoms with Crippen molar-refractivity contribution in [3.63, 3.8) is 0 Å². The molecule has 5 nitrogen and oxygen atoms in total. The van der Waals surface area contributed by atoms with E-state index in [4.69, 9.17) is 23.2 Å². The molecule has 2 rings (SSSR count). The lowest BCUT2D eigenvalue weighted by Crippen LogP contribution is -2.46. The smallest absolute Gasteiger partial charge is 0.468 e. The fraction of sp³-hybridized carbons (Fsp3) is 0.417. The molecular weight excluding hydrogens is 492 g/mol. The number of amides is 1. The van der Waals surface area contributed by atoms with E-state index in [1.165, 1.54) is 0 Å². The van der Waals surface area contributed by atoms with Crippen LogP contribution in [0.2, 0.25) is 10.0 Å². The van der Waals surface area contributed by atoms with Gasteiger partial charge in [0.25, 0.3) is 0 Å². The van der Waals surface area contributed by atoms with E-state index in [-0.39, 0.29) is 5.41 Å². The van der Waals surface area contributed by atoms with Crippen LogP contribution >= 0.6 is 23.2 Å². The summed E-state index contributed by atoms with van der Waals surface area (Å²) in [6.45, 7) is 5.29. The first-order valence-electron chi connectivity index (χ1n) is 10.4. The van der Waals surface area contributed by atoms with Gasteiger partial charge in [0, 0.05) is 34.7 Å². The summed E-state index contributed by atoms with van der Waals surface area (Å²) < 4.78 is 44.7. The van der Waals surface area contributed by atoms with Crippen LogP contribution in [0.4, 0.5) is 18.9 Å². The standard InChI is InChI=1S/C24H27Cl2F3N2O3/c1-23(2,3)14-30-20-10-9-15(25)11-17(20)18(16-7-5-6-8-19(16)26)12-31(13-21(32)34-4)22(33)24(27,28)29/h5-11,18,30H,12-14H2,1-4H3. The van der Waals surface area contributed by atoms with Crippen LogP contribution in [0.5, 0.6) is 0 Å². The van der Waals surface area contributed by atoms with Crippen molar-refractivity contribution in [1.82, 2.24) is 4.90 Å². The molecule has 0 aliphatic carbocycles. The molecular formula is C24H27Cl2F3N2O3. The third-order valence-electron chi connectivity index (χ3n) is 4.96. The summed E-state index contributed by atoms with van der Waals surface area (Å²) >= 11 is 12.7. The van der Waals surface area contributed by atoms with Gasteiger partial charge in [-0.1, -0.05) is 62.2 Å². The van der Waals surface area contributed by atoms with E-state index < -0.39 is 37.1 Å². The van der Waals surface area contributed by atoms with Gasteiger partial charge in [-0.3, -0.25) is 9.59 Å². The molecule has 0 aliphatic rings. The minimum Gasteiger partial charge on any atom is -0.468 e. The number of hydrogen-bond donors (Lipinski definition) is 1. The Morgan fingerprint density at radius 2 is 1.71 bits per heavy atom. The van der Waals surface area contributed by atoms with Crippen LogP contribution in [-0.2, 0) is 14.3 Å². The molecule has 2 aromatic rings. The SMILES string of the molecule is COC(=O)CN(CC(c1ccccc1Cl)c1cc(Cl)ccc1NCC(C)(C)C)C(=O)C(F)(F)F. The molecule has 1 unspecified atom stereocenters. The number of benzene rings is 2. The molecule has 0 bridgehead atoms. The van der Waals surface area contributed by atoms with E-state index in [0.29, 0.717) is 38.3 Å². The quantitative estimate of drug-likeness (QED) is 0.426. The summed E-state index contributed by atoms with van der Waals surface area (Å²) in [5.74, 6) is -3.96. The van der Waals surface area contributed by atoms with Gasteiger partial charge in [-0.05, 0) is 40.8 Å². The highest BCUT2D eigenvalue weighted by atomic mass is 35.5. The Hall–Kier alpha value is -2.45. The number of hydrogen-bond acceptors (Lipinski definition) is 4. The van der Waals surface area contributed by atoms with Crippen molar-refractivity contribution in [1.29, 1.82) is 0 Å². The number of methoxy groups -OCH3 is 1. The Labute approximate surface area is 207 Å². The molecule has 1 atom stereocenters. The van der Waals surface area contributed by atoms with Crippen molar-refractivity contribution in [2.45, 2.75) is 32.9 Å². The van der Waals surface area contributed by atoms with Crippen LogP contribution in [-0.4, -0.2) is 49.7 Å². The van der Waals surface area contributed by atoms with Crippen LogP contribution in [0.3, 0.4) is 0 Å². The second kappa shape index (κ2) is 11.3. The van der Waals surface area contributed by atoms with Crippen molar-refractivity contribution >= 4 is 40.8 Å². The molecule has 186 valence electrons. The minimum absolute atomic E-state index is 0.0973. The van der Waals surface area contributed by atoms with E-state index in [1.54, 1.807) is 42.5 Å². The van der Waals surface area contributed by atoms with Crippen LogP contribution in [0.1, 0.15) is 37.8 Å². The molecule has 0 fully saturated rings. The van der Waals surface area contributed by atoms with Gasteiger partial charge in [0.15, 0.2) is 0 Å². The fourth-order valence-electron chi connectivity index (χ4n) is 3.30. The predicted octanol–water partition coefficient (Wildman–Crippen LogP) is 6.15. The molecule has 1 N–H and O–H groups in total. The topological polar surface area (TPSA) is 58.6 Å². The molecule has 0 saturated carbocycles. The second-order valence-corrected chi connectivity index (χ2v) is 9.82. The number of rotatable bonds is 8. The molecule has 0 spiro atoms. The summed E-state index contributed by atoms with van der Waals surface area (Å²) in [5.41, 5.74) is 1.55. The van der Waals surface area contributed by atoms with Gasteiger partial charge in [-0.25, -0.2) is 0 Å². The number of alkyl halides is 3. The Bertz CT molecular complexity index is 1020. The minimum atomic E-state index is -5.18. The molecule has 0 heterocycles. The zero-order valence-electron chi connectivity index (χ0n) is 19.3. The summed E-state index contributed by atoms with van der Waals surface area (Å²) in [6.07, 6.45) is -5.18. The van der Waals surface area contributed by atoms with Crippen molar-refractivity contribution in [3.05, 3.63) is 63.6 Å². The zero-order chi connectivity index (χ0) is 25.7. The van der Waals surface area contributed by atoms with Gasteiger partial charge in [0.05, 0.1) is 7.11 Å². The average Bonchev–Trinajstić information content (AvgIpc) is 2.74. The van der Waals surface area contributed by atoms with Gasteiger partial charge < -0.3 is 15.0 Å². The number of nitrogens with zero attached hydrogens (tertiary/aromatic N) is 1. The van der Waals surface area contributed by atoms with Gasteiger partial charge in [0.2, 0.25) is 0 Å². The largest absolute Gasteiger partial charge is 0.471 e. The number of carbonyl (C=O) groups is 2. The number of carbonyl (C=O) groups excluding carboxylic acids is 2. The van der Waals surface area contributed by atoms with E-state index in [0.717, 1.165) is 7.11 Å². The lowest BCUT2D eigenvalue weighted by molar-refractivity contribution is -0.187. The first-order valence-corrected chi connectivity index (χ1v) is 11.2. The number of nitrogens with one attached hydrogen (secondary N) is 1. The second-order valence-electron chi connectivity index (χ2n) is 8.98. The number of esters is 1. The Morgan fingerprint density at radius 1 is 1.06 bits per heavy atom. The third-order valence-corrected chi connectivity index (χ3v) is 5.54. The Morgan fingerprint density at radius 3 is 2.26 bits per heavy atom. The third kappa shape index (κ3) is 7.81. The molecule has 34 heavy (non-hydrogen) atoms. The molecule has 2 aromatic carbocycles. The average molecular weight is 519 g/mol. The van der Waals surface area contributed by atoms with Gasteiger partial charge in [-0.2, -0.15) is 13.2 Å². The van der Waals surface area contributed by atoms with E-state index >= 15 is 0 Å². The number of halogens is 5. The highest BCUT2D eigenvalue weighted by Gasteiger charge is 2.44. The summed E-state index contributed by atoms with van der Waals surface area (Å²) in [5, 5.41) is 3.97. The maximum atomic E-state index is 13.4. The maximum Gasteiger partial charge on any atom is 0.471 e. The lowest BCUT2D eigenvalue weighted by atomic mass is 9.88. The van der Waals surface area contributed by atoms with E-state index in [2.05, 4.69) is 10.1 Å². The number of ether oxygens (including phenoxy) is 1. The van der Waals surface area contributed by atoms with Crippen LogP contribution in [0.15, 0.2) is 42.5 Å². The first-order chi connectivity index (χ1) is 15.7. The van der Waals surface area contributed by atoms with Crippen molar-refractivity contribution < 1.29 is 27.5 Å². The highest BCUT2D eigenvalue weighted by molar-refractivity contribution is 6.31. The molecule has 0 saturated heterocycles. The van der Waals surface area contributed by atoms with Gasteiger partial charge >= 0.3 is 18.1 Å². The summed E-state index contributed by atoms with van der Waals surface area (Å²) in [6, 6.07) is 11.7. The first kappa shape index (κ1) is 27.8. The van der Waals surface area contributed by atoms with E-state index in [1.807, 2.05) is 20.8 Å². The Balaban J connectivity index is 2.63. The van der Waals surface area contributed by atoms with Gasteiger partial charge in [0.1, 0.15) is 6.54 Å². The van der Waals surface area contributed by atoms with Crippen molar-refractivity contribution in [2.24, 2.45) is 5.41 Å². The van der Waals surface area contributed by atoms with Crippen LogP contribution in [0, 0.1) is 5.41 Å². The molecule has 0 aliphatic heterocycles. The fourth-order valence-corrected chi connectivity index (χ4v) is 3.75. The van der Waals surface area contributed by atoms with Crippen LogP contribution in [0.25, 0.3) is 0 Å². The monoisotopic (exact) mass is 518 g/mol.